The standard InChI is InChI=1S/C13H15F3N4OS/c1-4-9(12-18-10(6-22-12)13(14,15)16)17-11(21)8-5-20(3)19-7(8)2/h5-6,9H,4H2,1-3H3,(H,17,21)/t9-/m1/s1. The first-order valence-corrected chi connectivity index (χ1v) is 7.44. The monoisotopic (exact) mass is 332 g/mol. The summed E-state index contributed by atoms with van der Waals surface area (Å²) in [5, 5.41) is 7.97. The lowest BCUT2D eigenvalue weighted by molar-refractivity contribution is -0.140. The minimum Gasteiger partial charge on any atom is -0.343 e. The second-order valence-corrected chi connectivity index (χ2v) is 5.69. The van der Waals surface area contributed by atoms with Crippen molar-refractivity contribution in [3.8, 4) is 0 Å². The van der Waals surface area contributed by atoms with Gasteiger partial charge in [-0.25, -0.2) is 4.98 Å². The van der Waals surface area contributed by atoms with Crippen LogP contribution in [0.5, 0.6) is 0 Å². The molecule has 0 bridgehead atoms. The van der Waals surface area contributed by atoms with Crippen LogP contribution in [0.4, 0.5) is 13.2 Å². The van der Waals surface area contributed by atoms with Gasteiger partial charge in [0, 0.05) is 18.6 Å². The average Bonchev–Trinajstić information content (AvgIpc) is 3.02. The molecule has 0 spiro atoms. The van der Waals surface area contributed by atoms with Crippen LogP contribution in [0.2, 0.25) is 0 Å². The Morgan fingerprint density at radius 3 is 2.64 bits per heavy atom. The van der Waals surface area contributed by atoms with Crippen LogP contribution in [0, 0.1) is 6.92 Å². The van der Waals surface area contributed by atoms with Crippen LogP contribution >= 0.6 is 11.3 Å². The highest BCUT2D eigenvalue weighted by molar-refractivity contribution is 7.09. The molecule has 2 rings (SSSR count). The summed E-state index contributed by atoms with van der Waals surface area (Å²) in [5.41, 5.74) is 0.0243. The highest BCUT2D eigenvalue weighted by Gasteiger charge is 2.34. The second kappa shape index (κ2) is 6.07. The number of aromatic nitrogens is 3. The Balaban J connectivity index is 2.17. The second-order valence-electron chi connectivity index (χ2n) is 4.80. The molecule has 2 aromatic heterocycles. The van der Waals surface area contributed by atoms with Crippen molar-refractivity contribution in [2.75, 3.05) is 0 Å². The van der Waals surface area contributed by atoms with E-state index in [4.69, 9.17) is 0 Å². The Bertz CT molecular complexity index is 677. The van der Waals surface area contributed by atoms with Crippen molar-refractivity contribution in [3.05, 3.63) is 33.5 Å². The Labute approximate surface area is 129 Å². The smallest absolute Gasteiger partial charge is 0.343 e. The average molecular weight is 332 g/mol. The van der Waals surface area contributed by atoms with Crippen molar-refractivity contribution in [1.82, 2.24) is 20.1 Å². The molecule has 22 heavy (non-hydrogen) atoms. The number of hydrogen-bond donors (Lipinski definition) is 1. The molecule has 9 heteroatoms. The van der Waals surface area contributed by atoms with Crippen molar-refractivity contribution in [2.24, 2.45) is 7.05 Å². The van der Waals surface area contributed by atoms with E-state index in [2.05, 4.69) is 15.4 Å². The number of halogens is 3. The van der Waals surface area contributed by atoms with Gasteiger partial charge in [-0.2, -0.15) is 18.3 Å². The fraction of sp³-hybridized carbons (Fsp3) is 0.462. The number of thiazole rings is 1. The van der Waals surface area contributed by atoms with Gasteiger partial charge in [0.1, 0.15) is 5.01 Å². The minimum absolute atomic E-state index is 0.240. The van der Waals surface area contributed by atoms with E-state index in [1.54, 1.807) is 27.1 Å². The summed E-state index contributed by atoms with van der Waals surface area (Å²) in [6.07, 6.45) is -2.47. The summed E-state index contributed by atoms with van der Waals surface area (Å²) in [6, 6.07) is -0.562. The first-order chi connectivity index (χ1) is 10.2. The van der Waals surface area contributed by atoms with Crippen molar-refractivity contribution < 1.29 is 18.0 Å². The Kier molecular flexibility index (Phi) is 4.55. The predicted molar refractivity (Wildman–Crippen MR) is 75.6 cm³/mol. The highest BCUT2D eigenvalue weighted by Crippen LogP contribution is 2.32. The third-order valence-corrected chi connectivity index (χ3v) is 4.04. The summed E-state index contributed by atoms with van der Waals surface area (Å²) in [5.74, 6) is -0.374. The van der Waals surface area contributed by atoms with Crippen LogP contribution in [0.25, 0.3) is 0 Å². The lowest BCUT2D eigenvalue weighted by atomic mass is 10.2. The molecule has 0 aliphatic heterocycles. The third-order valence-electron chi connectivity index (χ3n) is 3.08. The maximum Gasteiger partial charge on any atom is 0.434 e. The molecule has 5 nitrogen and oxygen atoms in total. The predicted octanol–water partition coefficient (Wildman–Crippen LogP) is 3.08. The molecule has 0 radical (unpaired) electrons. The largest absolute Gasteiger partial charge is 0.434 e. The zero-order valence-electron chi connectivity index (χ0n) is 12.2. The Hall–Kier alpha value is -1.90. The van der Waals surface area contributed by atoms with Crippen LogP contribution < -0.4 is 5.32 Å². The SMILES string of the molecule is CC[C@@H](NC(=O)c1cn(C)nc1C)c1nc(C(F)(F)F)cs1. The molecule has 120 valence electrons. The van der Waals surface area contributed by atoms with Gasteiger partial charge in [0.25, 0.3) is 5.91 Å². The van der Waals surface area contributed by atoms with Crippen molar-refractivity contribution in [2.45, 2.75) is 32.5 Å². The van der Waals surface area contributed by atoms with Crippen LogP contribution in [0.1, 0.15) is 46.1 Å². The summed E-state index contributed by atoms with van der Waals surface area (Å²) >= 11 is 0.889. The van der Waals surface area contributed by atoms with Gasteiger partial charge >= 0.3 is 6.18 Å². The van der Waals surface area contributed by atoms with Crippen molar-refractivity contribution in [3.63, 3.8) is 0 Å². The molecule has 0 aromatic carbocycles. The summed E-state index contributed by atoms with van der Waals surface area (Å²) < 4.78 is 39.3. The third kappa shape index (κ3) is 3.46. The molecule has 0 saturated carbocycles. The number of alkyl halides is 3. The lowest BCUT2D eigenvalue weighted by Gasteiger charge is -2.14. The summed E-state index contributed by atoms with van der Waals surface area (Å²) in [7, 11) is 1.69. The minimum atomic E-state index is -4.48. The molecule has 1 amide bonds. The van der Waals surface area contributed by atoms with E-state index in [1.807, 2.05) is 0 Å². The highest BCUT2D eigenvalue weighted by atomic mass is 32.1. The van der Waals surface area contributed by atoms with Gasteiger partial charge < -0.3 is 5.32 Å². The maximum absolute atomic E-state index is 12.6. The number of nitrogens with zero attached hydrogens (tertiary/aromatic N) is 3. The number of hydrogen-bond acceptors (Lipinski definition) is 4. The Morgan fingerprint density at radius 1 is 1.50 bits per heavy atom. The number of nitrogens with one attached hydrogen (secondary N) is 1. The number of carbonyl (C=O) groups is 1. The molecular formula is C13H15F3N4OS. The number of carbonyl (C=O) groups excluding carboxylic acids is 1. The van der Waals surface area contributed by atoms with Crippen molar-refractivity contribution >= 4 is 17.2 Å². The fourth-order valence-electron chi connectivity index (χ4n) is 1.97. The summed E-state index contributed by atoms with van der Waals surface area (Å²) in [6.45, 7) is 3.47. The molecule has 0 aliphatic rings. The molecule has 2 aromatic rings. The number of rotatable bonds is 4. The molecule has 0 fully saturated rings. The van der Waals surface area contributed by atoms with E-state index in [9.17, 15) is 18.0 Å². The molecule has 2 heterocycles. The zero-order chi connectivity index (χ0) is 16.5. The quantitative estimate of drug-likeness (QED) is 0.936. The van der Waals surface area contributed by atoms with Gasteiger partial charge in [0.2, 0.25) is 0 Å². The van der Waals surface area contributed by atoms with Gasteiger partial charge in [-0.3, -0.25) is 9.48 Å². The van der Waals surface area contributed by atoms with Gasteiger partial charge in [-0.05, 0) is 13.3 Å². The van der Waals surface area contributed by atoms with Crippen LogP contribution in [-0.2, 0) is 13.2 Å². The van der Waals surface area contributed by atoms with Crippen LogP contribution in [-0.4, -0.2) is 20.7 Å². The normalized spacial score (nSPS) is 13.2. The van der Waals surface area contributed by atoms with E-state index in [1.165, 1.54) is 4.68 Å². The van der Waals surface area contributed by atoms with Gasteiger partial charge in [0.15, 0.2) is 5.69 Å². The van der Waals surface area contributed by atoms with Gasteiger partial charge in [0.05, 0.1) is 17.3 Å². The van der Waals surface area contributed by atoms with E-state index in [0.29, 0.717) is 17.7 Å². The van der Waals surface area contributed by atoms with Gasteiger partial charge in [-0.15, -0.1) is 11.3 Å². The maximum atomic E-state index is 12.6. The fourth-order valence-corrected chi connectivity index (χ4v) is 2.93. The first kappa shape index (κ1) is 16.5. The number of aryl methyl sites for hydroxylation is 2. The van der Waals surface area contributed by atoms with Crippen LogP contribution in [0.3, 0.4) is 0 Å². The molecule has 0 unspecified atom stereocenters. The molecular weight excluding hydrogens is 317 g/mol. The molecule has 1 N–H and O–H groups in total. The number of amides is 1. The zero-order valence-corrected chi connectivity index (χ0v) is 13.0. The topological polar surface area (TPSA) is 59.8 Å². The lowest BCUT2D eigenvalue weighted by Crippen LogP contribution is -2.28. The molecule has 0 saturated heterocycles. The molecule has 1 atom stereocenters. The summed E-state index contributed by atoms with van der Waals surface area (Å²) in [4.78, 5) is 15.8. The molecule has 0 aliphatic carbocycles. The van der Waals surface area contributed by atoms with E-state index < -0.39 is 17.9 Å². The van der Waals surface area contributed by atoms with E-state index in [0.717, 1.165) is 16.7 Å². The first-order valence-electron chi connectivity index (χ1n) is 6.56. The van der Waals surface area contributed by atoms with Crippen LogP contribution in [0.15, 0.2) is 11.6 Å². The Morgan fingerprint density at radius 2 is 2.18 bits per heavy atom. The van der Waals surface area contributed by atoms with E-state index >= 15 is 0 Å². The van der Waals surface area contributed by atoms with E-state index in [-0.39, 0.29) is 10.9 Å². The van der Waals surface area contributed by atoms with Gasteiger partial charge in [-0.1, -0.05) is 6.92 Å². The van der Waals surface area contributed by atoms with Crippen molar-refractivity contribution in [1.29, 1.82) is 0 Å².